The van der Waals surface area contributed by atoms with Gasteiger partial charge in [-0.25, -0.2) is 0 Å². The molecule has 1 aromatic rings. The molecule has 0 spiro atoms. The summed E-state index contributed by atoms with van der Waals surface area (Å²) in [6, 6.07) is 7.39. The van der Waals surface area contributed by atoms with E-state index in [9.17, 15) is 9.59 Å². The van der Waals surface area contributed by atoms with E-state index in [0.717, 1.165) is 12.2 Å². The summed E-state index contributed by atoms with van der Waals surface area (Å²) in [5, 5.41) is 2.77. The molecule has 4 nitrogen and oxygen atoms in total. The first-order valence-corrected chi connectivity index (χ1v) is 5.29. The predicted octanol–water partition coefficient (Wildman–Crippen LogP) is 0.825. The number of benzene rings is 1. The van der Waals surface area contributed by atoms with Gasteiger partial charge in [0.05, 0.1) is 6.54 Å². The van der Waals surface area contributed by atoms with Gasteiger partial charge in [0.25, 0.3) is 0 Å². The summed E-state index contributed by atoms with van der Waals surface area (Å²) in [4.78, 5) is 24.5. The lowest BCUT2D eigenvalue weighted by atomic mass is 10.1. The average Bonchev–Trinajstić information content (AvgIpc) is 2.29. The molecule has 1 fully saturated rings. The van der Waals surface area contributed by atoms with Crippen LogP contribution >= 0.6 is 0 Å². The van der Waals surface area contributed by atoms with E-state index < -0.39 is 0 Å². The highest BCUT2D eigenvalue weighted by atomic mass is 16.2. The van der Waals surface area contributed by atoms with Crippen molar-refractivity contribution in [1.82, 2.24) is 5.32 Å². The molecular formula is C12H14N2O2. The van der Waals surface area contributed by atoms with E-state index in [4.69, 9.17) is 0 Å². The third kappa shape index (κ3) is 2.21. The van der Waals surface area contributed by atoms with Crippen LogP contribution in [0.4, 0.5) is 5.69 Å². The van der Waals surface area contributed by atoms with Crippen LogP contribution in [0.2, 0.25) is 0 Å². The number of ketones is 1. The first kappa shape index (κ1) is 10.7. The third-order valence-corrected chi connectivity index (χ3v) is 2.66. The second-order valence-corrected chi connectivity index (χ2v) is 3.88. The Labute approximate surface area is 94.2 Å². The molecule has 0 atom stereocenters. The maximum absolute atomic E-state index is 11.2. The zero-order chi connectivity index (χ0) is 11.5. The van der Waals surface area contributed by atoms with Gasteiger partial charge in [0.1, 0.15) is 0 Å². The SMILES string of the molecule is CC(=O)c1cccc(N2CCNC(=O)C2)c1. The Hall–Kier alpha value is -1.84. The van der Waals surface area contributed by atoms with Crippen molar-refractivity contribution in [2.75, 3.05) is 24.5 Å². The minimum atomic E-state index is 0.0273. The molecule has 0 saturated carbocycles. The molecule has 1 saturated heterocycles. The predicted molar refractivity (Wildman–Crippen MR) is 61.7 cm³/mol. The Bertz CT molecular complexity index is 429. The standard InChI is InChI=1S/C12H14N2O2/c1-9(15)10-3-2-4-11(7-10)14-6-5-13-12(16)8-14/h2-4,7H,5-6,8H2,1H3,(H,13,16). The first-order valence-electron chi connectivity index (χ1n) is 5.29. The normalized spacial score (nSPS) is 15.8. The van der Waals surface area contributed by atoms with Gasteiger partial charge in [-0.2, -0.15) is 0 Å². The van der Waals surface area contributed by atoms with Crippen LogP contribution in [0.25, 0.3) is 0 Å². The quantitative estimate of drug-likeness (QED) is 0.748. The van der Waals surface area contributed by atoms with Crippen molar-refractivity contribution in [3.8, 4) is 0 Å². The molecule has 84 valence electrons. The maximum atomic E-state index is 11.2. The van der Waals surface area contributed by atoms with E-state index in [1.54, 1.807) is 13.0 Å². The maximum Gasteiger partial charge on any atom is 0.239 e. The number of hydrogen-bond acceptors (Lipinski definition) is 3. The molecule has 1 aromatic carbocycles. The first-order chi connectivity index (χ1) is 7.66. The largest absolute Gasteiger partial charge is 0.360 e. The molecule has 0 aromatic heterocycles. The van der Waals surface area contributed by atoms with Crippen LogP contribution < -0.4 is 10.2 Å². The van der Waals surface area contributed by atoms with Crippen LogP contribution in [-0.4, -0.2) is 31.3 Å². The van der Waals surface area contributed by atoms with Gasteiger partial charge >= 0.3 is 0 Å². The fraction of sp³-hybridized carbons (Fsp3) is 0.333. The minimum absolute atomic E-state index is 0.0273. The Balaban J connectivity index is 2.22. The number of hydrogen-bond donors (Lipinski definition) is 1. The number of nitrogens with one attached hydrogen (secondary N) is 1. The van der Waals surface area contributed by atoms with Gasteiger partial charge in [0, 0.05) is 24.3 Å². The lowest BCUT2D eigenvalue weighted by Gasteiger charge is -2.28. The molecule has 16 heavy (non-hydrogen) atoms. The van der Waals surface area contributed by atoms with Crippen molar-refractivity contribution in [2.24, 2.45) is 0 Å². The number of Topliss-reactive ketones (excluding diaryl/α,β-unsaturated/α-hetero) is 1. The van der Waals surface area contributed by atoms with Crippen molar-refractivity contribution in [3.63, 3.8) is 0 Å². The summed E-state index contributed by atoms with van der Waals surface area (Å²) >= 11 is 0. The second-order valence-electron chi connectivity index (χ2n) is 3.88. The molecule has 1 N–H and O–H groups in total. The zero-order valence-corrected chi connectivity index (χ0v) is 9.19. The fourth-order valence-corrected chi connectivity index (χ4v) is 1.78. The monoisotopic (exact) mass is 218 g/mol. The molecule has 1 amide bonds. The lowest BCUT2D eigenvalue weighted by Crippen LogP contribution is -2.47. The van der Waals surface area contributed by atoms with E-state index in [2.05, 4.69) is 5.32 Å². The Morgan fingerprint density at radius 3 is 2.94 bits per heavy atom. The van der Waals surface area contributed by atoms with Crippen LogP contribution in [0.5, 0.6) is 0 Å². The Morgan fingerprint density at radius 1 is 1.44 bits per heavy atom. The molecule has 1 aliphatic rings. The highest BCUT2D eigenvalue weighted by molar-refractivity contribution is 5.95. The zero-order valence-electron chi connectivity index (χ0n) is 9.19. The summed E-state index contributed by atoms with van der Waals surface area (Å²) < 4.78 is 0. The Kier molecular flexibility index (Phi) is 2.90. The summed E-state index contributed by atoms with van der Waals surface area (Å²) in [5.74, 6) is 0.0720. The summed E-state index contributed by atoms with van der Waals surface area (Å²) in [6.45, 7) is 3.35. The smallest absolute Gasteiger partial charge is 0.239 e. The molecule has 2 rings (SSSR count). The third-order valence-electron chi connectivity index (χ3n) is 2.66. The number of carbonyl (C=O) groups is 2. The molecule has 0 bridgehead atoms. The number of anilines is 1. The summed E-state index contributed by atoms with van der Waals surface area (Å²) in [7, 11) is 0. The van der Waals surface area contributed by atoms with Gasteiger partial charge in [0.2, 0.25) is 5.91 Å². The molecule has 0 aliphatic carbocycles. The second kappa shape index (κ2) is 4.35. The van der Waals surface area contributed by atoms with Gasteiger partial charge in [-0.05, 0) is 19.1 Å². The number of carbonyl (C=O) groups excluding carboxylic acids is 2. The van der Waals surface area contributed by atoms with E-state index in [1.807, 2.05) is 23.1 Å². The molecule has 4 heteroatoms. The molecular weight excluding hydrogens is 204 g/mol. The van der Waals surface area contributed by atoms with Crippen molar-refractivity contribution in [2.45, 2.75) is 6.92 Å². The van der Waals surface area contributed by atoms with Crippen molar-refractivity contribution in [1.29, 1.82) is 0 Å². The summed E-state index contributed by atoms with van der Waals surface area (Å²) in [5.41, 5.74) is 1.62. The Morgan fingerprint density at radius 2 is 2.25 bits per heavy atom. The molecule has 1 aliphatic heterocycles. The number of rotatable bonds is 2. The van der Waals surface area contributed by atoms with Gasteiger partial charge in [0.15, 0.2) is 5.78 Å². The molecule has 1 heterocycles. The lowest BCUT2D eigenvalue weighted by molar-refractivity contribution is -0.120. The fourth-order valence-electron chi connectivity index (χ4n) is 1.78. The topological polar surface area (TPSA) is 49.4 Å². The van der Waals surface area contributed by atoms with Gasteiger partial charge in [-0.3, -0.25) is 9.59 Å². The summed E-state index contributed by atoms with van der Waals surface area (Å²) in [6.07, 6.45) is 0. The van der Waals surface area contributed by atoms with E-state index in [0.29, 0.717) is 18.7 Å². The van der Waals surface area contributed by atoms with E-state index in [1.165, 1.54) is 0 Å². The van der Waals surface area contributed by atoms with Crippen molar-refractivity contribution >= 4 is 17.4 Å². The van der Waals surface area contributed by atoms with Crippen LogP contribution in [0.3, 0.4) is 0 Å². The van der Waals surface area contributed by atoms with Crippen LogP contribution in [0.15, 0.2) is 24.3 Å². The van der Waals surface area contributed by atoms with E-state index >= 15 is 0 Å². The van der Waals surface area contributed by atoms with Crippen LogP contribution in [-0.2, 0) is 4.79 Å². The number of nitrogens with zero attached hydrogens (tertiary/aromatic N) is 1. The van der Waals surface area contributed by atoms with Gasteiger partial charge in [-0.15, -0.1) is 0 Å². The van der Waals surface area contributed by atoms with Crippen LogP contribution in [0.1, 0.15) is 17.3 Å². The van der Waals surface area contributed by atoms with Gasteiger partial charge in [-0.1, -0.05) is 12.1 Å². The molecule has 0 unspecified atom stereocenters. The van der Waals surface area contributed by atoms with Crippen LogP contribution in [0, 0.1) is 0 Å². The highest BCUT2D eigenvalue weighted by Gasteiger charge is 2.16. The highest BCUT2D eigenvalue weighted by Crippen LogP contribution is 2.17. The number of amides is 1. The van der Waals surface area contributed by atoms with Crippen molar-refractivity contribution < 1.29 is 9.59 Å². The minimum Gasteiger partial charge on any atom is -0.360 e. The van der Waals surface area contributed by atoms with Crippen molar-refractivity contribution in [3.05, 3.63) is 29.8 Å². The molecule has 0 radical (unpaired) electrons. The number of piperazine rings is 1. The van der Waals surface area contributed by atoms with E-state index in [-0.39, 0.29) is 11.7 Å². The average molecular weight is 218 g/mol. The van der Waals surface area contributed by atoms with Gasteiger partial charge < -0.3 is 10.2 Å².